The van der Waals surface area contributed by atoms with Crippen molar-refractivity contribution in [3.8, 4) is 22.3 Å². The highest BCUT2D eigenvalue weighted by Gasteiger charge is 2.47. The van der Waals surface area contributed by atoms with Gasteiger partial charge in [-0.2, -0.15) is 0 Å². The van der Waals surface area contributed by atoms with Gasteiger partial charge in [-0.1, -0.05) is 164 Å². The highest BCUT2D eigenvalue weighted by Crippen LogP contribution is 2.59. The molecule has 0 saturated heterocycles. The van der Waals surface area contributed by atoms with Crippen molar-refractivity contribution in [2.24, 2.45) is 0 Å². The van der Waals surface area contributed by atoms with Crippen LogP contribution < -0.4 is 4.90 Å². The van der Waals surface area contributed by atoms with Gasteiger partial charge in [0.05, 0.1) is 11.1 Å². The lowest BCUT2D eigenvalue weighted by molar-refractivity contribution is 0.669. The van der Waals surface area contributed by atoms with Crippen LogP contribution in [0.1, 0.15) is 22.3 Å². The Morgan fingerprint density at radius 2 is 1.02 bits per heavy atom. The predicted octanol–water partition coefficient (Wildman–Crippen LogP) is 15.5. The Morgan fingerprint density at radius 3 is 1.83 bits per heavy atom. The number of thiophene rings is 1. The summed E-state index contributed by atoms with van der Waals surface area (Å²) >= 11 is 1.87. The highest BCUT2D eigenvalue weighted by molar-refractivity contribution is 7.27. The maximum absolute atomic E-state index is 6.32. The molecule has 0 bridgehead atoms. The second kappa shape index (κ2) is 12.9. The zero-order chi connectivity index (χ0) is 38.2. The predicted molar refractivity (Wildman–Crippen MR) is 244 cm³/mol. The van der Waals surface area contributed by atoms with Crippen LogP contribution in [0.15, 0.2) is 217 Å². The van der Waals surface area contributed by atoms with Crippen LogP contribution in [0, 0.1) is 0 Å². The zero-order valence-corrected chi connectivity index (χ0v) is 32.3. The van der Waals surface area contributed by atoms with Gasteiger partial charge in [0.25, 0.3) is 0 Å². The van der Waals surface area contributed by atoms with Crippen LogP contribution >= 0.6 is 11.3 Å². The Kier molecular flexibility index (Phi) is 7.35. The van der Waals surface area contributed by atoms with Gasteiger partial charge in [0.1, 0.15) is 11.2 Å². The van der Waals surface area contributed by atoms with Gasteiger partial charge in [-0.3, -0.25) is 0 Å². The molecule has 0 aliphatic heterocycles. The van der Waals surface area contributed by atoms with Crippen molar-refractivity contribution in [2.75, 3.05) is 4.90 Å². The summed E-state index contributed by atoms with van der Waals surface area (Å²) in [6.45, 7) is 0. The molecule has 0 atom stereocenters. The van der Waals surface area contributed by atoms with Crippen LogP contribution in [-0.4, -0.2) is 0 Å². The van der Waals surface area contributed by atoms with Crippen molar-refractivity contribution in [3.63, 3.8) is 0 Å². The van der Waals surface area contributed by atoms with Gasteiger partial charge >= 0.3 is 0 Å². The first-order chi connectivity index (χ1) is 28.8. The third kappa shape index (κ3) is 4.71. The van der Waals surface area contributed by atoms with E-state index in [9.17, 15) is 0 Å². The van der Waals surface area contributed by atoms with Gasteiger partial charge in [0, 0.05) is 47.9 Å². The van der Waals surface area contributed by atoms with Gasteiger partial charge in [0.15, 0.2) is 0 Å². The molecule has 0 N–H and O–H groups in total. The molecule has 2 nitrogen and oxygen atoms in total. The van der Waals surface area contributed by atoms with E-state index in [-0.39, 0.29) is 0 Å². The number of rotatable bonds is 6. The smallest absolute Gasteiger partial charge is 0.136 e. The van der Waals surface area contributed by atoms with Crippen molar-refractivity contribution in [3.05, 3.63) is 235 Å². The molecule has 58 heavy (non-hydrogen) atoms. The lowest BCUT2D eigenvalue weighted by Gasteiger charge is -2.34. The number of hydrogen-bond acceptors (Lipinski definition) is 3. The van der Waals surface area contributed by atoms with Crippen molar-refractivity contribution < 1.29 is 4.42 Å². The van der Waals surface area contributed by atoms with Gasteiger partial charge < -0.3 is 9.32 Å². The van der Waals surface area contributed by atoms with E-state index in [1.807, 2.05) is 17.4 Å². The summed E-state index contributed by atoms with van der Waals surface area (Å²) in [6.07, 6.45) is 0. The van der Waals surface area contributed by atoms with E-state index in [1.54, 1.807) is 0 Å². The second-order valence-electron chi connectivity index (χ2n) is 15.1. The first kappa shape index (κ1) is 33.0. The molecular weight excluding hydrogens is 723 g/mol. The maximum atomic E-state index is 6.32. The molecule has 0 fully saturated rings. The van der Waals surface area contributed by atoms with Crippen LogP contribution in [0.2, 0.25) is 0 Å². The van der Waals surface area contributed by atoms with Gasteiger partial charge in [0.2, 0.25) is 0 Å². The molecule has 1 aliphatic rings. The van der Waals surface area contributed by atoms with E-state index < -0.39 is 5.41 Å². The summed E-state index contributed by atoms with van der Waals surface area (Å²) in [5.41, 5.74) is 14.8. The summed E-state index contributed by atoms with van der Waals surface area (Å²) < 4.78 is 8.87. The zero-order valence-electron chi connectivity index (χ0n) is 31.5. The van der Waals surface area contributed by atoms with E-state index in [2.05, 4.69) is 211 Å². The fraction of sp³-hybridized carbons (Fsp3) is 0.0182. The Bertz CT molecular complexity index is 3300. The molecule has 1 aliphatic carbocycles. The van der Waals surface area contributed by atoms with Crippen LogP contribution in [0.3, 0.4) is 0 Å². The number of hydrogen-bond donors (Lipinski definition) is 0. The molecule has 12 rings (SSSR count). The average molecular weight is 758 g/mol. The molecule has 272 valence electrons. The highest BCUT2D eigenvalue weighted by atomic mass is 32.1. The topological polar surface area (TPSA) is 16.4 Å². The summed E-state index contributed by atoms with van der Waals surface area (Å²) in [5, 5.41) is 4.90. The molecule has 2 aromatic heterocycles. The lowest BCUT2D eigenvalue weighted by atomic mass is 9.68. The first-order valence-electron chi connectivity index (χ1n) is 19.8. The molecule has 0 unspecified atom stereocenters. The van der Waals surface area contributed by atoms with Gasteiger partial charge in [-0.25, -0.2) is 0 Å². The van der Waals surface area contributed by atoms with Crippen molar-refractivity contribution in [2.45, 2.75) is 5.41 Å². The molecule has 11 aromatic rings. The van der Waals surface area contributed by atoms with Gasteiger partial charge in [-0.05, 0) is 87.5 Å². The average Bonchev–Trinajstić information content (AvgIpc) is 3.96. The third-order valence-electron chi connectivity index (χ3n) is 12.1. The van der Waals surface area contributed by atoms with E-state index in [0.717, 1.165) is 33.6 Å². The van der Waals surface area contributed by atoms with E-state index in [1.165, 1.54) is 70.1 Å². The normalized spacial score (nSPS) is 13.0. The second-order valence-corrected chi connectivity index (χ2v) is 16.2. The lowest BCUT2D eigenvalue weighted by Crippen LogP contribution is -2.28. The molecule has 0 spiro atoms. The first-order valence-corrected chi connectivity index (χ1v) is 20.7. The SMILES string of the molecule is c1ccc(N(c2cccc(-c3cccc4c3sc3c4ccc4oc5ccccc5c43)c2)c2cccc3c2-c2ccccc2C3(c2ccccc2)c2ccccc2)cc1. The van der Waals surface area contributed by atoms with E-state index in [4.69, 9.17) is 4.42 Å². The molecule has 0 amide bonds. The molecule has 0 saturated carbocycles. The third-order valence-corrected chi connectivity index (χ3v) is 13.4. The summed E-state index contributed by atoms with van der Waals surface area (Å²) in [6, 6.07) is 77.4. The monoisotopic (exact) mass is 757 g/mol. The van der Waals surface area contributed by atoms with Crippen LogP contribution in [0.5, 0.6) is 0 Å². The van der Waals surface area contributed by atoms with Crippen LogP contribution in [0.4, 0.5) is 17.1 Å². The Labute approximate surface area is 340 Å². The Morgan fingerprint density at radius 1 is 0.414 bits per heavy atom. The van der Waals surface area contributed by atoms with Crippen LogP contribution in [-0.2, 0) is 5.41 Å². The minimum Gasteiger partial charge on any atom is -0.456 e. The van der Waals surface area contributed by atoms with Crippen molar-refractivity contribution in [1.82, 2.24) is 0 Å². The minimum atomic E-state index is -0.489. The van der Waals surface area contributed by atoms with Crippen LogP contribution in [0.25, 0.3) is 64.4 Å². The largest absolute Gasteiger partial charge is 0.456 e. The summed E-state index contributed by atoms with van der Waals surface area (Å²) in [7, 11) is 0. The molecule has 0 radical (unpaired) electrons. The van der Waals surface area contributed by atoms with Gasteiger partial charge in [-0.15, -0.1) is 11.3 Å². The van der Waals surface area contributed by atoms with E-state index in [0.29, 0.717) is 0 Å². The number of anilines is 3. The Balaban J connectivity index is 1.09. The molecule has 2 heterocycles. The minimum absolute atomic E-state index is 0.489. The molecule has 9 aromatic carbocycles. The fourth-order valence-electron chi connectivity index (χ4n) is 9.77. The molecular formula is C55H35NOS. The summed E-state index contributed by atoms with van der Waals surface area (Å²) in [4.78, 5) is 2.46. The quantitative estimate of drug-likeness (QED) is 0.168. The number of benzene rings is 9. The van der Waals surface area contributed by atoms with Crippen molar-refractivity contribution >= 4 is 70.5 Å². The van der Waals surface area contributed by atoms with Crippen molar-refractivity contribution in [1.29, 1.82) is 0 Å². The number of nitrogens with zero attached hydrogens (tertiary/aromatic N) is 1. The summed E-state index contributed by atoms with van der Waals surface area (Å²) in [5.74, 6) is 0. The number of para-hydroxylation sites is 2. The molecule has 3 heteroatoms. The maximum Gasteiger partial charge on any atom is 0.136 e. The number of fused-ring (bicyclic) bond motifs is 10. The number of furan rings is 1. The standard InChI is InChI=1S/C55H35NOS/c1-4-18-37(19-5-1)55(38-20-6-2-7-21-38)46-29-12-10-25-44(46)51-47(55)30-16-31-48(51)56(39-22-8-3-9-23-39)40-24-14-17-36(35-40)41-27-15-28-42-43-33-34-50-52(54(43)58-53(41)42)45-26-11-13-32-49(45)57-50/h1-35H. The van der Waals surface area contributed by atoms with E-state index >= 15 is 0 Å². The Hall–Kier alpha value is -7.20. The fourth-order valence-corrected chi connectivity index (χ4v) is 11.2.